The van der Waals surface area contributed by atoms with Crippen LogP contribution in [0.4, 0.5) is 0 Å². The Bertz CT molecular complexity index is 202. The number of aliphatic hydroxyl groups excluding tert-OH is 1. The van der Waals surface area contributed by atoms with Gasteiger partial charge in [-0.05, 0) is 25.7 Å². The molecule has 3 nitrogen and oxygen atoms in total. The molecule has 0 aromatic rings. The lowest BCUT2D eigenvalue weighted by atomic mass is 9.79. The Morgan fingerprint density at radius 3 is 2.85 bits per heavy atom. The minimum Gasteiger partial charge on any atom is -0.390 e. The van der Waals surface area contributed by atoms with Crippen molar-refractivity contribution < 1.29 is 14.9 Å². The van der Waals surface area contributed by atoms with Crippen molar-refractivity contribution >= 4 is 0 Å². The van der Waals surface area contributed by atoms with Crippen LogP contribution in [0.1, 0.15) is 26.7 Å². The van der Waals surface area contributed by atoms with Gasteiger partial charge in [-0.25, -0.2) is 0 Å². The molecule has 0 aromatic carbocycles. The highest BCUT2D eigenvalue weighted by atomic mass is 16.6. The van der Waals surface area contributed by atoms with Crippen molar-refractivity contribution in [3.8, 4) is 0 Å². The van der Waals surface area contributed by atoms with Crippen molar-refractivity contribution in [2.75, 3.05) is 6.61 Å². The van der Waals surface area contributed by atoms with Gasteiger partial charge in [-0.3, -0.25) is 0 Å². The van der Waals surface area contributed by atoms with Crippen molar-refractivity contribution in [3.05, 3.63) is 0 Å². The first-order valence-corrected chi connectivity index (χ1v) is 5.04. The maximum atomic E-state index is 10.0. The van der Waals surface area contributed by atoms with Crippen LogP contribution in [0.25, 0.3) is 0 Å². The first-order valence-electron chi connectivity index (χ1n) is 5.04. The summed E-state index contributed by atoms with van der Waals surface area (Å²) in [6.45, 7) is 4.39. The molecule has 1 saturated carbocycles. The normalized spacial score (nSPS) is 56.3. The molecular weight excluding hydrogens is 168 g/mol. The minimum absolute atomic E-state index is 0.160. The van der Waals surface area contributed by atoms with E-state index in [1.807, 2.05) is 13.8 Å². The van der Waals surface area contributed by atoms with Crippen LogP contribution in [-0.4, -0.2) is 28.7 Å². The predicted octanol–water partition coefficient (Wildman–Crippen LogP) is 0.748. The van der Waals surface area contributed by atoms with Crippen molar-refractivity contribution in [1.29, 1.82) is 0 Å². The van der Waals surface area contributed by atoms with E-state index in [0.717, 1.165) is 12.8 Å². The van der Waals surface area contributed by atoms with E-state index in [0.29, 0.717) is 12.5 Å². The SMILES string of the molecule is C[C@@H]1[C@H]2CC[C@@](C)(O)[C@H]2CO[C@@H]1O. The van der Waals surface area contributed by atoms with Crippen molar-refractivity contribution in [2.24, 2.45) is 17.8 Å². The van der Waals surface area contributed by atoms with Gasteiger partial charge in [0.2, 0.25) is 0 Å². The summed E-state index contributed by atoms with van der Waals surface area (Å²) in [6, 6.07) is 0. The molecule has 2 rings (SSSR count). The molecule has 1 aliphatic carbocycles. The van der Waals surface area contributed by atoms with Crippen molar-refractivity contribution in [3.63, 3.8) is 0 Å². The van der Waals surface area contributed by atoms with E-state index < -0.39 is 11.9 Å². The van der Waals surface area contributed by atoms with Gasteiger partial charge in [0.05, 0.1) is 12.2 Å². The highest BCUT2D eigenvalue weighted by molar-refractivity contribution is 4.97. The summed E-state index contributed by atoms with van der Waals surface area (Å²) in [5.74, 6) is 0.803. The molecule has 2 fully saturated rings. The van der Waals surface area contributed by atoms with Gasteiger partial charge in [-0.15, -0.1) is 0 Å². The summed E-state index contributed by atoms with van der Waals surface area (Å²) in [6.07, 6.45) is 1.22. The molecule has 0 bridgehead atoms. The fourth-order valence-corrected chi connectivity index (χ4v) is 2.80. The van der Waals surface area contributed by atoms with Gasteiger partial charge in [-0.1, -0.05) is 6.92 Å². The maximum absolute atomic E-state index is 10.0. The molecule has 0 radical (unpaired) electrons. The molecule has 0 spiro atoms. The van der Waals surface area contributed by atoms with Crippen LogP contribution in [0.2, 0.25) is 0 Å². The van der Waals surface area contributed by atoms with Crippen LogP contribution in [0.3, 0.4) is 0 Å². The van der Waals surface area contributed by atoms with Crippen molar-refractivity contribution in [2.45, 2.75) is 38.6 Å². The van der Waals surface area contributed by atoms with Crippen LogP contribution in [0, 0.1) is 17.8 Å². The van der Waals surface area contributed by atoms with Gasteiger partial charge < -0.3 is 14.9 Å². The molecule has 2 aliphatic rings. The molecule has 3 heteroatoms. The lowest BCUT2D eigenvalue weighted by Gasteiger charge is -2.39. The average Bonchev–Trinajstić information content (AvgIpc) is 2.35. The van der Waals surface area contributed by atoms with E-state index in [1.165, 1.54) is 0 Å². The fraction of sp³-hybridized carbons (Fsp3) is 1.00. The molecule has 1 heterocycles. The van der Waals surface area contributed by atoms with Gasteiger partial charge in [-0.2, -0.15) is 0 Å². The second-order valence-corrected chi connectivity index (χ2v) is 4.75. The van der Waals surface area contributed by atoms with Gasteiger partial charge in [0.15, 0.2) is 6.29 Å². The molecule has 2 N–H and O–H groups in total. The first kappa shape index (κ1) is 9.44. The highest BCUT2D eigenvalue weighted by Gasteiger charge is 2.50. The zero-order valence-corrected chi connectivity index (χ0v) is 8.23. The molecule has 76 valence electrons. The summed E-state index contributed by atoms with van der Waals surface area (Å²) < 4.78 is 5.24. The Hall–Kier alpha value is -0.120. The van der Waals surface area contributed by atoms with Gasteiger partial charge >= 0.3 is 0 Å². The van der Waals surface area contributed by atoms with Gasteiger partial charge in [0.1, 0.15) is 0 Å². The number of rotatable bonds is 0. The Balaban J connectivity index is 2.15. The van der Waals surface area contributed by atoms with E-state index in [9.17, 15) is 10.2 Å². The van der Waals surface area contributed by atoms with E-state index in [4.69, 9.17) is 4.74 Å². The second kappa shape index (κ2) is 2.94. The van der Waals surface area contributed by atoms with Gasteiger partial charge in [0.25, 0.3) is 0 Å². The first-order chi connectivity index (χ1) is 6.02. The van der Waals surface area contributed by atoms with E-state index in [1.54, 1.807) is 0 Å². The highest BCUT2D eigenvalue weighted by Crippen LogP contribution is 2.47. The molecule has 0 aromatic heterocycles. The van der Waals surface area contributed by atoms with E-state index >= 15 is 0 Å². The molecule has 1 saturated heterocycles. The van der Waals surface area contributed by atoms with Crippen LogP contribution in [-0.2, 0) is 4.74 Å². The third-order valence-electron chi connectivity index (χ3n) is 3.87. The summed E-state index contributed by atoms with van der Waals surface area (Å²) in [5.41, 5.74) is -0.584. The number of hydrogen-bond acceptors (Lipinski definition) is 3. The standard InChI is InChI=1S/C10H18O3/c1-6-7-3-4-10(2,12)8(7)5-13-9(6)11/h6-9,11-12H,3-5H2,1-2H3/t6-,7-,8+,9+,10-/m1/s1. The topological polar surface area (TPSA) is 49.7 Å². The van der Waals surface area contributed by atoms with Crippen LogP contribution in [0.5, 0.6) is 0 Å². The lowest BCUT2D eigenvalue weighted by Crippen LogP contribution is -2.45. The fourth-order valence-electron chi connectivity index (χ4n) is 2.80. The third-order valence-corrected chi connectivity index (χ3v) is 3.87. The number of aliphatic hydroxyl groups is 2. The minimum atomic E-state index is -0.629. The van der Waals surface area contributed by atoms with Crippen LogP contribution >= 0.6 is 0 Å². The smallest absolute Gasteiger partial charge is 0.157 e. The van der Waals surface area contributed by atoms with Crippen LogP contribution in [0.15, 0.2) is 0 Å². The van der Waals surface area contributed by atoms with Crippen molar-refractivity contribution in [1.82, 2.24) is 0 Å². The largest absolute Gasteiger partial charge is 0.390 e. The average molecular weight is 186 g/mol. The summed E-state index contributed by atoms with van der Waals surface area (Å²) >= 11 is 0. The Kier molecular flexibility index (Phi) is 2.13. The monoisotopic (exact) mass is 186 g/mol. The number of hydrogen-bond donors (Lipinski definition) is 2. The zero-order valence-electron chi connectivity index (χ0n) is 8.23. The predicted molar refractivity (Wildman–Crippen MR) is 48.0 cm³/mol. The van der Waals surface area contributed by atoms with Crippen LogP contribution < -0.4 is 0 Å². The summed E-state index contributed by atoms with van der Waals surface area (Å²) in [7, 11) is 0. The lowest BCUT2D eigenvalue weighted by molar-refractivity contribution is -0.204. The van der Waals surface area contributed by atoms with E-state index in [2.05, 4.69) is 0 Å². The van der Waals surface area contributed by atoms with E-state index in [-0.39, 0.29) is 11.8 Å². The number of fused-ring (bicyclic) bond motifs is 1. The summed E-state index contributed by atoms with van der Waals surface area (Å²) in [5, 5.41) is 19.5. The quantitative estimate of drug-likeness (QED) is 0.587. The Labute approximate surface area is 78.7 Å². The summed E-state index contributed by atoms with van der Waals surface area (Å²) in [4.78, 5) is 0. The second-order valence-electron chi connectivity index (χ2n) is 4.75. The molecule has 13 heavy (non-hydrogen) atoms. The Morgan fingerprint density at radius 1 is 1.46 bits per heavy atom. The number of ether oxygens (including phenoxy) is 1. The zero-order chi connectivity index (χ0) is 9.64. The maximum Gasteiger partial charge on any atom is 0.157 e. The molecule has 5 atom stereocenters. The molecule has 0 amide bonds. The molecule has 0 unspecified atom stereocenters. The Morgan fingerprint density at radius 2 is 2.15 bits per heavy atom. The molecular formula is C10H18O3. The molecule has 1 aliphatic heterocycles. The van der Waals surface area contributed by atoms with Gasteiger partial charge in [0, 0.05) is 11.8 Å². The third kappa shape index (κ3) is 1.39.